The zero-order valence-electron chi connectivity index (χ0n) is 14.6. The molecule has 0 radical (unpaired) electrons. The average Bonchev–Trinajstić information content (AvgIpc) is 2.57. The zero-order valence-corrected chi connectivity index (χ0v) is 14.6. The maximum Gasteiger partial charge on any atom is 0.319 e. The highest BCUT2D eigenvalue weighted by atomic mass is 16.2. The summed E-state index contributed by atoms with van der Waals surface area (Å²) in [5.74, 6) is -0.179. The molecule has 0 atom stereocenters. The first kappa shape index (κ1) is 17.0. The van der Waals surface area contributed by atoms with Crippen molar-refractivity contribution in [3.05, 3.63) is 59.7 Å². The van der Waals surface area contributed by atoms with Crippen LogP contribution >= 0.6 is 0 Å². The molecule has 0 heterocycles. The molecular weight excluding hydrogens is 314 g/mol. The molecule has 130 valence electrons. The van der Waals surface area contributed by atoms with E-state index in [-0.39, 0.29) is 17.5 Å². The van der Waals surface area contributed by atoms with Crippen LogP contribution in [0.25, 0.3) is 0 Å². The SMILES string of the molecule is Cc1ccc(NC(=O)c2ccccc2)cc1NC(=O)NC1(C)CCC1. The summed E-state index contributed by atoms with van der Waals surface area (Å²) in [6.45, 7) is 3.98. The third-order valence-corrected chi connectivity index (χ3v) is 4.65. The maximum atomic E-state index is 12.3. The molecule has 5 nitrogen and oxygen atoms in total. The highest BCUT2D eigenvalue weighted by Crippen LogP contribution is 2.31. The van der Waals surface area contributed by atoms with E-state index in [1.807, 2.05) is 37.3 Å². The second-order valence-electron chi connectivity index (χ2n) is 6.84. The number of amides is 3. The zero-order chi connectivity index (χ0) is 17.9. The van der Waals surface area contributed by atoms with E-state index in [0.717, 1.165) is 24.8 Å². The predicted molar refractivity (Wildman–Crippen MR) is 100.0 cm³/mol. The highest BCUT2D eigenvalue weighted by molar-refractivity contribution is 6.04. The van der Waals surface area contributed by atoms with E-state index >= 15 is 0 Å². The van der Waals surface area contributed by atoms with Crippen LogP contribution in [0.2, 0.25) is 0 Å². The Kier molecular flexibility index (Phi) is 4.74. The van der Waals surface area contributed by atoms with Gasteiger partial charge in [-0.2, -0.15) is 0 Å². The van der Waals surface area contributed by atoms with E-state index in [9.17, 15) is 9.59 Å². The second kappa shape index (κ2) is 6.97. The van der Waals surface area contributed by atoms with Gasteiger partial charge < -0.3 is 16.0 Å². The van der Waals surface area contributed by atoms with Gasteiger partial charge in [0, 0.05) is 22.5 Å². The van der Waals surface area contributed by atoms with Crippen LogP contribution in [-0.2, 0) is 0 Å². The van der Waals surface area contributed by atoms with Gasteiger partial charge in [0.2, 0.25) is 0 Å². The Labute approximate surface area is 147 Å². The average molecular weight is 337 g/mol. The summed E-state index contributed by atoms with van der Waals surface area (Å²) in [5.41, 5.74) is 2.76. The van der Waals surface area contributed by atoms with E-state index < -0.39 is 0 Å². The van der Waals surface area contributed by atoms with Crippen molar-refractivity contribution in [3.8, 4) is 0 Å². The van der Waals surface area contributed by atoms with E-state index in [2.05, 4.69) is 22.9 Å². The molecule has 0 bridgehead atoms. The monoisotopic (exact) mass is 337 g/mol. The van der Waals surface area contributed by atoms with Crippen LogP contribution < -0.4 is 16.0 Å². The summed E-state index contributed by atoms with van der Waals surface area (Å²) in [4.78, 5) is 24.5. The Morgan fingerprint density at radius 3 is 2.36 bits per heavy atom. The Morgan fingerprint density at radius 2 is 1.72 bits per heavy atom. The molecule has 1 aliphatic carbocycles. The number of aryl methyl sites for hydroxylation is 1. The van der Waals surface area contributed by atoms with Gasteiger partial charge in [-0.05, 0) is 62.9 Å². The quantitative estimate of drug-likeness (QED) is 0.778. The van der Waals surface area contributed by atoms with Gasteiger partial charge in [-0.15, -0.1) is 0 Å². The first-order valence-corrected chi connectivity index (χ1v) is 8.51. The minimum atomic E-state index is -0.211. The van der Waals surface area contributed by atoms with Gasteiger partial charge >= 0.3 is 6.03 Å². The number of carbonyl (C=O) groups excluding carboxylic acids is 2. The number of urea groups is 1. The standard InChI is InChI=1S/C20H23N3O2/c1-14-9-10-16(21-18(24)15-7-4-3-5-8-15)13-17(14)22-19(25)23-20(2)11-6-12-20/h3-5,7-10,13H,6,11-12H2,1-2H3,(H,21,24)(H2,22,23,25). The van der Waals surface area contributed by atoms with Crippen molar-refractivity contribution in [3.63, 3.8) is 0 Å². The predicted octanol–water partition coefficient (Wildman–Crippen LogP) is 4.31. The fraction of sp³-hybridized carbons (Fsp3) is 0.300. The highest BCUT2D eigenvalue weighted by Gasteiger charge is 2.33. The van der Waals surface area contributed by atoms with Crippen LogP contribution in [0, 0.1) is 6.92 Å². The number of benzene rings is 2. The van der Waals surface area contributed by atoms with E-state index in [1.54, 1.807) is 18.2 Å². The van der Waals surface area contributed by atoms with Crippen molar-refractivity contribution < 1.29 is 9.59 Å². The summed E-state index contributed by atoms with van der Waals surface area (Å²) in [7, 11) is 0. The van der Waals surface area contributed by atoms with Crippen molar-refractivity contribution in [1.29, 1.82) is 0 Å². The Morgan fingerprint density at radius 1 is 1.00 bits per heavy atom. The number of hydrogen-bond acceptors (Lipinski definition) is 2. The smallest absolute Gasteiger partial charge is 0.319 e. The molecule has 3 amide bonds. The number of hydrogen-bond donors (Lipinski definition) is 3. The fourth-order valence-corrected chi connectivity index (χ4v) is 2.89. The van der Waals surface area contributed by atoms with Gasteiger partial charge in [-0.25, -0.2) is 4.79 Å². The van der Waals surface area contributed by atoms with Crippen molar-refractivity contribution >= 4 is 23.3 Å². The number of nitrogens with one attached hydrogen (secondary N) is 3. The molecule has 5 heteroatoms. The molecule has 1 aliphatic rings. The number of rotatable bonds is 4. The molecule has 0 unspecified atom stereocenters. The van der Waals surface area contributed by atoms with Gasteiger partial charge in [0.15, 0.2) is 0 Å². The van der Waals surface area contributed by atoms with Gasteiger partial charge in [0.1, 0.15) is 0 Å². The molecule has 1 saturated carbocycles. The minimum Gasteiger partial charge on any atom is -0.333 e. The van der Waals surface area contributed by atoms with Crippen molar-refractivity contribution in [2.45, 2.75) is 38.6 Å². The lowest BCUT2D eigenvalue weighted by atomic mass is 9.79. The van der Waals surface area contributed by atoms with Crippen LogP contribution in [0.5, 0.6) is 0 Å². The molecule has 25 heavy (non-hydrogen) atoms. The van der Waals surface area contributed by atoms with Gasteiger partial charge in [0.25, 0.3) is 5.91 Å². The summed E-state index contributed by atoms with van der Waals surface area (Å²) in [6.07, 6.45) is 3.16. The molecule has 0 spiro atoms. The lowest BCUT2D eigenvalue weighted by Crippen LogP contribution is -2.52. The van der Waals surface area contributed by atoms with Gasteiger partial charge in [-0.1, -0.05) is 24.3 Å². The van der Waals surface area contributed by atoms with Crippen LogP contribution in [0.1, 0.15) is 42.1 Å². The third kappa shape index (κ3) is 4.18. The summed E-state index contributed by atoms with van der Waals surface area (Å²) in [5, 5.41) is 8.76. The van der Waals surface area contributed by atoms with Crippen molar-refractivity contribution in [1.82, 2.24) is 5.32 Å². The molecule has 1 fully saturated rings. The molecule has 0 saturated heterocycles. The molecular formula is C20H23N3O2. The first-order valence-electron chi connectivity index (χ1n) is 8.51. The lowest BCUT2D eigenvalue weighted by Gasteiger charge is -2.39. The Bertz CT molecular complexity index is 783. The number of carbonyl (C=O) groups is 2. The molecule has 2 aromatic carbocycles. The van der Waals surface area contributed by atoms with E-state index in [1.165, 1.54) is 0 Å². The lowest BCUT2D eigenvalue weighted by molar-refractivity contribution is 0.102. The summed E-state index contributed by atoms with van der Waals surface area (Å²) < 4.78 is 0. The topological polar surface area (TPSA) is 70.2 Å². The summed E-state index contributed by atoms with van der Waals surface area (Å²) >= 11 is 0. The minimum absolute atomic E-state index is 0.100. The van der Waals surface area contributed by atoms with Crippen molar-refractivity contribution in [2.75, 3.05) is 10.6 Å². The third-order valence-electron chi connectivity index (χ3n) is 4.65. The van der Waals surface area contributed by atoms with Crippen LogP contribution in [0.3, 0.4) is 0 Å². The normalized spacial score (nSPS) is 15.0. The summed E-state index contributed by atoms with van der Waals surface area (Å²) in [6, 6.07) is 14.3. The maximum absolute atomic E-state index is 12.3. The molecule has 0 aliphatic heterocycles. The molecule has 2 aromatic rings. The fourth-order valence-electron chi connectivity index (χ4n) is 2.89. The van der Waals surface area contributed by atoms with Crippen molar-refractivity contribution in [2.24, 2.45) is 0 Å². The Balaban J connectivity index is 1.67. The Hall–Kier alpha value is -2.82. The molecule has 3 N–H and O–H groups in total. The van der Waals surface area contributed by atoms with Crippen LogP contribution in [0.15, 0.2) is 48.5 Å². The van der Waals surface area contributed by atoms with Crippen LogP contribution in [-0.4, -0.2) is 17.5 Å². The molecule has 3 rings (SSSR count). The number of anilines is 2. The van der Waals surface area contributed by atoms with Gasteiger partial charge in [0.05, 0.1) is 0 Å². The molecule has 0 aromatic heterocycles. The van der Waals surface area contributed by atoms with E-state index in [4.69, 9.17) is 0 Å². The first-order chi connectivity index (χ1) is 12.0. The van der Waals surface area contributed by atoms with Gasteiger partial charge in [-0.3, -0.25) is 4.79 Å². The van der Waals surface area contributed by atoms with Crippen LogP contribution in [0.4, 0.5) is 16.2 Å². The second-order valence-corrected chi connectivity index (χ2v) is 6.84. The van der Waals surface area contributed by atoms with E-state index in [0.29, 0.717) is 16.9 Å². The largest absolute Gasteiger partial charge is 0.333 e.